The van der Waals surface area contributed by atoms with Crippen LogP contribution >= 0.6 is 0 Å². The van der Waals surface area contributed by atoms with Crippen LogP contribution in [0.15, 0.2) is 23.3 Å². The summed E-state index contributed by atoms with van der Waals surface area (Å²) >= 11 is 0. The Bertz CT molecular complexity index is 500. The first-order chi connectivity index (χ1) is 11.2. The quantitative estimate of drug-likeness (QED) is 0.651. The van der Waals surface area contributed by atoms with Gasteiger partial charge in [0.05, 0.1) is 0 Å². The van der Waals surface area contributed by atoms with Crippen molar-refractivity contribution in [1.29, 1.82) is 0 Å². The van der Waals surface area contributed by atoms with Gasteiger partial charge in [-0.2, -0.15) is 0 Å². The van der Waals surface area contributed by atoms with Gasteiger partial charge in [0.15, 0.2) is 11.6 Å². The predicted molar refractivity (Wildman–Crippen MR) is 99.6 cm³/mol. The van der Waals surface area contributed by atoms with E-state index in [2.05, 4.69) is 41.5 Å². The molecule has 0 aliphatic heterocycles. The summed E-state index contributed by atoms with van der Waals surface area (Å²) in [7, 11) is 0. The fraction of sp³-hybridized carbons (Fsp3) is 0.727. The molecule has 0 N–H and O–H groups in total. The molecule has 4 atom stereocenters. The molecule has 0 heterocycles. The number of hydrogen-bond donors (Lipinski definition) is 0. The second kappa shape index (κ2) is 7.80. The summed E-state index contributed by atoms with van der Waals surface area (Å²) in [5, 5.41) is 0. The zero-order valence-corrected chi connectivity index (χ0v) is 16.3. The Balaban J connectivity index is 2.29. The number of Topliss-reactive ketones (excluding diaryl/α,β-unsaturated/α-hetero) is 2. The van der Waals surface area contributed by atoms with Crippen LogP contribution in [0.2, 0.25) is 0 Å². The Hall–Kier alpha value is -1.18. The second-order valence-electron chi connectivity index (χ2n) is 8.63. The van der Waals surface area contributed by atoms with Crippen LogP contribution in [0, 0.1) is 35.5 Å². The van der Waals surface area contributed by atoms with E-state index in [9.17, 15) is 9.59 Å². The number of carbonyl (C=O) groups is 2. The Labute approximate surface area is 147 Å². The summed E-state index contributed by atoms with van der Waals surface area (Å²) in [5.41, 5.74) is 1.86. The molecule has 0 spiro atoms. The van der Waals surface area contributed by atoms with Crippen molar-refractivity contribution in [1.82, 2.24) is 0 Å². The Morgan fingerprint density at radius 2 is 1.04 bits per heavy atom. The van der Waals surface area contributed by atoms with Gasteiger partial charge in [-0.05, 0) is 60.5 Å². The average Bonchev–Trinajstić information content (AvgIpc) is 2.48. The molecule has 0 radical (unpaired) electrons. The van der Waals surface area contributed by atoms with Crippen molar-refractivity contribution < 1.29 is 9.59 Å². The monoisotopic (exact) mass is 330 g/mol. The molecule has 134 valence electrons. The Kier molecular flexibility index (Phi) is 6.22. The molecule has 0 aromatic rings. The minimum atomic E-state index is 0.147. The van der Waals surface area contributed by atoms with Gasteiger partial charge >= 0.3 is 0 Å². The largest absolute Gasteiger partial charge is 0.294 e. The van der Waals surface area contributed by atoms with Gasteiger partial charge in [-0.25, -0.2) is 0 Å². The molecule has 0 unspecified atom stereocenters. The molecule has 2 saturated carbocycles. The summed E-state index contributed by atoms with van der Waals surface area (Å²) < 4.78 is 0. The van der Waals surface area contributed by atoms with Crippen LogP contribution in [-0.2, 0) is 9.59 Å². The molecular formula is C22H34O2. The van der Waals surface area contributed by atoms with Gasteiger partial charge in [0, 0.05) is 11.8 Å². The van der Waals surface area contributed by atoms with Crippen LogP contribution in [0.4, 0.5) is 0 Å². The van der Waals surface area contributed by atoms with Gasteiger partial charge < -0.3 is 0 Å². The number of allylic oxidation sites excluding steroid dienone is 4. The topological polar surface area (TPSA) is 34.1 Å². The van der Waals surface area contributed by atoms with Crippen LogP contribution in [0.1, 0.15) is 67.2 Å². The molecule has 2 heteroatoms. The Morgan fingerprint density at radius 1 is 0.708 bits per heavy atom. The van der Waals surface area contributed by atoms with E-state index in [1.165, 1.54) is 0 Å². The number of hydrogen-bond acceptors (Lipinski definition) is 2. The lowest BCUT2D eigenvalue weighted by Gasteiger charge is -2.31. The van der Waals surface area contributed by atoms with Crippen LogP contribution in [0.3, 0.4) is 0 Å². The van der Waals surface area contributed by atoms with E-state index >= 15 is 0 Å². The maximum absolute atomic E-state index is 12.8. The lowest BCUT2D eigenvalue weighted by atomic mass is 9.72. The summed E-state index contributed by atoms with van der Waals surface area (Å²) in [6, 6.07) is 0. The fourth-order valence-electron chi connectivity index (χ4n) is 4.29. The molecule has 2 nitrogen and oxygen atoms in total. The SMILES string of the molecule is CC(C)[C@H]1CC[C@@H](C)/C(=C/C=C2/C(=O)[C@@H](C(C)C)CC[C@@H]2C)C1=O. The van der Waals surface area contributed by atoms with E-state index in [0.717, 1.165) is 36.8 Å². The molecule has 24 heavy (non-hydrogen) atoms. The van der Waals surface area contributed by atoms with E-state index < -0.39 is 0 Å². The third-order valence-corrected chi connectivity index (χ3v) is 6.18. The molecule has 2 fully saturated rings. The summed E-state index contributed by atoms with van der Waals surface area (Å²) in [6.07, 6.45) is 8.10. The van der Waals surface area contributed by atoms with Crippen LogP contribution in [-0.4, -0.2) is 11.6 Å². The molecule has 0 bridgehead atoms. The molecule has 0 aromatic carbocycles. The van der Waals surface area contributed by atoms with Gasteiger partial charge in [-0.1, -0.05) is 53.7 Å². The van der Waals surface area contributed by atoms with E-state index in [4.69, 9.17) is 0 Å². The lowest BCUT2D eigenvalue weighted by molar-refractivity contribution is -0.123. The molecule has 0 saturated heterocycles. The summed E-state index contributed by atoms with van der Waals surface area (Å²) in [5.74, 6) is 2.29. The van der Waals surface area contributed by atoms with Gasteiger partial charge in [-0.15, -0.1) is 0 Å². The molecule has 2 rings (SSSR count). The van der Waals surface area contributed by atoms with E-state index in [1.54, 1.807) is 0 Å². The van der Waals surface area contributed by atoms with Gasteiger partial charge in [0.1, 0.15) is 0 Å². The van der Waals surface area contributed by atoms with Crippen molar-refractivity contribution in [3.8, 4) is 0 Å². The first kappa shape index (κ1) is 19.1. The van der Waals surface area contributed by atoms with Gasteiger partial charge in [-0.3, -0.25) is 9.59 Å². The minimum Gasteiger partial charge on any atom is -0.294 e. The first-order valence-corrected chi connectivity index (χ1v) is 9.74. The second-order valence-corrected chi connectivity index (χ2v) is 8.63. The number of ketones is 2. The highest BCUT2D eigenvalue weighted by Crippen LogP contribution is 2.36. The Morgan fingerprint density at radius 3 is 1.33 bits per heavy atom. The fourth-order valence-corrected chi connectivity index (χ4v) is 4.29. The van der Waals surface area contributed by atoms with Gasteiger partial charge in [0.25, 0.3) is 0 Å². The van der Waals surface area contributed by atoms with Crippen molar-refractivity contribution in [3.05, 3.63) is 23.3 Å². The molecular weight excluding hydrogens is 296 g/mol. The van der Waals surface area contributed by atoms with Crippen LogP contribution in [0.25, 0.3) is 0 Å². The van der Waals surface area contributed by atoms with Crippen molar-refractivity contribution in [2.45, 2.75) is 67.2 Å². The van der Waals surface area contributed by atoms with E-state index in [-0.39, 0.29) is 11.8 Å². The molecule has 0 aromatic heterocycles. The smallest absolute Gasteiger partial charge is 0.162 e. The van der Waals surface area contributed by atoms with E-state index in [1.807, 2.05) is 12.2 Å². The number of rotatable bonds is 3. The highest BCUT2D eigenvalue weighted by Gasteiger charge is 2.34. The molecule has 2 aliphatic carbocycles. The third kappa shape index (κ3) is 3.90. The van der Waals surface area contributed by atoms with Crippen molar-refractivity contribution >= 4 is 11.6 Å². The van der Waals surface area contributed by atoms with E-state index in [0.29, 0.717) is 35.2 Å². The maximum atomic E-state index is 12.8. The zero-order valence-electron chi connectivity index (χ0n) is 16.3. The average molecular weight is 331 g/mol. The van der Waals surface area contributed by atoms with Crippen LogP contribution in [0.5, 0.6) is 0 Å². The molecule has 0 amide bonds. The van der Waals surface area contributed by atoms with Crippen molar-refractivity contribution in [2.24, 2.45) is 35.5 Å². The highest BCUT2D eigenvalue weighted by atomic mass is 16.1. The van der Waals surface area contributed by atoms with Gasteiger partial charge in [0.2, 0.25) is 0 Å². The standard InChI is InChI=1S/C22H34O2/c1-13(2)17-9-7-15(5)19(21(17)23)11-12-20-16(6)8-10-18(14(3)4)22(20)24/h11-18H,7-10H2,1-6H3/b19-11-,20-12+/t15-,16+,17-,18-/m1/s1. The minimum absolute atomic E-state index is 0.147. The van der Waals surface area contributed by atoms with Crippen LogP contribution < -0.4 is 0 Å². The maximum Gasteiger partial charge on any atom is 0.162 e. The normalized spacial score (nSPS) is 35.5. The third-order valence-electron chi connectivity index (χ3n) is 6.18. The lowest BCUT2D eigenvalue weighted by Crippen LogP contribution is -2.31. The van der Waals surface area contributed by atoms with Crippen molar-refractivity contribution in [2.75, 3.05) is 0 Å². The number of carbonyl (C=O) groups excluding carboxylic acids is 2. The highest BCUT2D eigenvalue weighted by molar-refractivity contribution is 6.01. The summed E-state index contributed by atoms with van der Waals surface area (Å²) in [6.45, 7) is 12.8. The molecule has 2 aliphatic rings. The predicted octanol–water partition coefficient (Wildman–Crippen LogP) is 5.38. The summed E-state index contributed by atoms with van der Waals surface area (Å²) in [4.78, 5) is 25.6. The first-order valence-electron chi connectivity index (χ1n) is 9.74. The van der Waals surface area contributed by atoms with Crippen molar-refractivity contribution in [3.63, 3.8) is 0 Å². The zero-order chi connectivity index (χ0) is 18.0.